The molecule has 1 aromatic carbocycles. The van der Waals surface area contributed by atoms with E-state index in [-0.39, 0.29) is 18.5 Å². The second-order valence-electron chi connectivity index (χ2n) is 5.48. The number of amides is 1. The summed E-state index contributed by atoms with van der Waals surface area (Å²) in [6.07, 6.45) is 4.98. The summed E-state index contributed by atoms with van der Waals surface area (Å²) in [4.78, 5) is 22.4. The smallest absolute Gasteiger partial charge is 0.238 e. The van der Waals surface area contributed by atoms with Gasteiger partial charge in [0.05, 0.1) is 37.8 Å². The fraction of sp³-hybridized carbons (Fsp3) is 0.353. The maximum atomic E-state index is 12.0. The lowest BCUT2D eigenvalue weighted by atomic mass is 10.1. The highest BCUT2D eigenvalue weighted by Gasteiger charge is 2.30. The highest BCUT2D eigenvalue weighted by Crippen LogP contribution is 2.33. The van der Waals surface area contributed by atoms with Gasteiger partial charge in [-0.2, -0.15) is 0 Å². The van der Waals surface area contributed by atoms with E-state index in [4.69, 9.17) is 15.2 Å². The monoisotopic (exact) mass is 328 g/mol. The Bertz CT molecular complexity index is 722. The fourth-order valence-corrected chi connectivity index (χ4v) is 2.88. The zero-order valence-corrected chi connectivity index (χ0v) is 13.5. The Balaban J connectivity index is 1.83. The van der Waals surface area contributed by atoms with Gasteiger partial charge in [0.1, 0.15) is 0 Å². The highest BCUT2D eigenvalue weighted by atomic mass is 16.5. The summed E-state index contributed by atoms with van der Waals surface area (Å²) in [6.45, 7) is 0.696. The highest BCUT2D eigenvalue weighted by molar-refractivity contribution is 5.78. The molecule has 7 heteroatoms. The molecule has 0 unspecified atom stereocenters. The summed E-state index contributed by atoms with van der Waals surface area (Å²) < 4.78 is 11.1. The van der Waals surface area contributed by atoms with Crippen LogP contribution in [0.5, 0.6) is 17.4 Å². The van der Waals surface area contributed by atoms with Crippen LogP contribution in [0.3, 0.4) is 0 Å². The first-order valence-electron chi connectivity index (χ1n) is 7.85. The minimum Gasteiger partial charge on any atom is -0.493 e. The van der Waals surface area contributed by atoms with Gasteiger partial charge in [-0.25, -0.2) is 4.98 Å². The summed E-state index contributed by atoms with van der Waals surface area (Å²) >= 11 is 0. The van der Waals surface area contributed by atoms with Crippen LogP contribution in [-0.2, 0) is 4.79 Å². The number of para-hydroxylation sites is 2. The first-order valence-corrected chi connectivity index (χ1v) is 7.85. The molecular weight excluding hydrogens is 308 g/mol. The topological polar surface area (TPSA) is 90.6 Å². The van der Waals surface area contributed by atoms with E-state index in [1.807, 2.05) is 18.2 Å². The predicted octanol–water partition coefficient (Wildman–Crippen LogP) is 1.90. The van der Waals surface area contributed by atoms with Crippen LogP contribution in [0.15, 0.2) is 36.7 Å². The molecule has 2 aromatic rings. The van der Waals surface area contributed by atoms with Gasteiger partial charge in [0.15, 0.2) is 11.5 Å². The molecule has 2 N–H and O–H groups in total. The Morgan fingerprint density at radius 2 is 2.12 bits per heavy atom. The molecule has 24 heavy (non-hydrogen) atoms. The van der Waals surface area contributed by atoms with Gasteiger partial charge in [0, 0.05) is 6.54 Å². The molecule has 1 atom stereocenters. The summed E-state index contributed by atoms with van der Waals surface area (Å²) in [5.74, 6) is 1.47. The van der Waals surface area contributed by atoms with Crippen LogP contribution in [0.1, 0.15) is 24.6 Å². The van der Waals surface area contributed by atoms with E-state index in [0.717, 1.165) is 12.8 Å². The number of nitrogens with zero attached hydrogens (tertiary/aromatic N) is 3. The van der Waals surface area contributed by atoms with E-state index in [9.17, 15) is 4.79 Å². The molecular formula is C17H20N4O3. The molecule has 0 saturated carbocycles. The van der Waals surface area contributed by atoms with E-state index in [0.29, 0.717) is 29.6 Å². The second kappa shape index (κ2) is 7.27. The van der Waals surface area contributed by atoms with Crippen molar-refractivity contribution in [1.29, 1.82) is 0 Å². The molecule has 1 aromatic heterocycles. The quantitative estimate of drug-likeness (QED) is 0.901. The Morgan fingerprint density at radius 3 is 2.88 bits per heavy atom. The Hall–Kier alpha value is -2.67. The second-order valence-corrected chi connectivity index (χ2v) is 5.48. The van der Waals surface area contributed by atoms with Crippen molar-refractivity contribution >= 4 is 5.91 Å². The molecule has 1 aliphatic heterocycles. The van der Waals surface area contributed by atoms with Crippen molar-refractivity contribution in [2.75, 3.05) is 20.2 Å². The maximum Gasteiger partial charge on any atom is 0.238 e. The third kappa shape index (κ3) is 3.30. The number of nitrogens with two attached hydrogens (primary N) is 1. The van der Waals surface area contributed by atoms with Crippen molar-refractivity contribution < 1.29 is 14.3 Å². The standard InChI is InChI=1S/C17H20N4O3/c1-23-14-6-2-3-7-15(14)24-16-11-19-10-12(20-16)13-5-4-8-21(13)17(22)9-18/h2-3,6-7,10-11,13H,4-5,8-9,18H2,1H3/t13-/m1/s1. The number of hydrogen-bond donors (Lipinski definition) is 1. The average molecular weight is 328 g/mol. The number of likely N-dealkylation sites (tertiary alicyclic amines) is 1. The summed E-state index contributed by atoms with van der Waals surface area (Å²) in [6, 6.07) is 7.23. The van der Waals surface area contributed by atoms with Gasteiger partial charge in [-0.15, -0.1) is 0 Å². The van der Waals surface area contributed by atoms with Crippen LogP contribution in [0.2, 0.25) is 0 Å². The van der Waals surface area contributed by atoms with Crippen molar-refractivity contribution in [2.45, 2.75) is 18.9 Å². The zero-order chi connectivity index (χ0) is 16.9. The van der Waals surface area contributed by atoms with Gasteiger partial charge in [-0.3, -0.25) is 9.78 Å². The van der Waals surface area contributed by atoms with Crippen molar-refractivity contribution in [3.63, 3.8) is 0 Å². The predicted molar refractivity (Wildman–Crippen MR) is 87.8 cm³/mol. The molecule has 0 bridgehead atoms. The van der Waals surface area contributed by atoms with E-state index < -0.39 is 0 Å². The molecule has 1 saturated heterocycles. The van der Waals surface area contributed by atoms with Crippen molar-refractivity contribution in [3.05, 3.63) is 42.4 Å². The van der Waals surface area contributed by atoms with Crippen molar-refractivity contribution in [3.8, 4) is 17.4 Å². The minimum absolute atomic E-state index is 0.00132. The van der Waals surface area contributed by atoms with Gasteiger partial charge >= 0.3 is 0 Å². The van der Waals surface area contributed by atoms with Gasteiger partial charge in [-0.05, 0) is 25.0 Å². The number of methoxy groups -OCH3 is 1. The lowest BCUT2D eigenvalue weighted by Gasteiger charge is -2.23. The van der Waals surface area contributed by atoms with Crippen LogP contribution in [0.25, 0.3) is 0 Å². The van der Waals surface area contributed by atoms with E-state index in [1.165, 1.54) is 0 Å². The maximum absolute atomic E-state index is 12.0. The minimum atomic E-state index is -0.102. The first-order chi connectivity index (χ1) is 11.7. The molecule has 0 aliphatic carbocycles. The SMILES string of the molecule is COc1ccccc1Oc1cncc([C@H]2CCCN2C(=O)CN)n1. The fourth-order valence-electron chi connectivity index (χ4n) is 2.88. The molecule has 0 spiro atoms. The Labute approximate surface area is 140 Å². The van der Waals surface area contributed by atoms with Crippen molar-refractivity contribution in [2.24, 2.45) is 5.73 Å². The number of aromatic nitrogens is 2. The zero-order valence-electron chi connectivity index (χ0n) is 13.5. The van der Waals surface area contributed by atoms with Crippen LogP contribution < -0.4 is 15.2 Å². The lowest BCUT2D eigenvalue weighted by Crippen LogP contribution is -2.35. The normalized spacial score (nSPS) is 16.9. The van der Waals surface area contributed by atoms with Crippen LogP contribution in [0, 0.1) is 0 Å². The molecule has 1 aliphatic rings. The largest absolute Gasteiger partial charge is 0.493 e. The van der Waals surface area contributed by atoms with Crippen molar-refractivity contribution in [1.82, 2.24) is 14.9 Å². The number of carbonyl (C=O) groups excluding carboxylic acids is 1. The van der Waals surface area contributed by atoms with Gasteiger partial charge < -0.3 is 20.1 Å². The van der Waals surface area contributed by atoms with Gasteiger partial charge in [0.2, 0.25) is 11.8 Å². The number of hydrogen-bond acceptors (Lipinski definition) is 6. The Kier molecular flexibility index (Phi) is 4.90. The molecule has 126 valence electrons. The third-order valence-corrected chi connectivity index (χ3v) is 4.00. The average Bonchev–Trinajstić information content (AvgIpc) is 3.11. The van der Waals surface area contributed by atoms with Crippen LogP contribution in [0.4, 0.5) is 0 Å². The van der Waals surface area contributed by atoms with E-state index in [1.54, 1.807) is 30.5 Å². The van der Waals surface area contributed by atoms with E-state index >= 15 is 0 Å². The summed E-state index contributed by atoms with van der Waals surface area (Å²) in [7, 11) is 1.58. The third-order valence-electron chi connectivity index (χ3n) is 4.00. The number of rotatable bonds is 5. The first kappa shape index (κ1) is 16.2. The summed E-state index contributed by atoms with van der Waals surface area (Å²) in [5.41, 5.74) is 6.20. The number of carbonyl (C=O) groups is 1. The molecule has 0 radical (unpaired) electrons. The van der Waals surface area contributed by atoms with E-state index in [2.05, 4.69) is 9.97 Å². The molecule has 3 rings (SSSR count). The number of benzene rings is 1. The summed E-state index contributed by atoms with van der Waals surface area (Å²) in [5, 5.41) is 0. The molecule has 1 fully saturated rings. The lowest BCUT2D eigenvalue weighted by molar-refractivity contribution is -0.130. The van der Waals surface area contributed by atoms with Gasteiger partial charge in [-0.1, -0.05) is 12.1 Å². The van der Waals surface area contributed by atoms with Crippen LogP contribution in [-0.4, -0.2) is 41.0 Å². The molecule has 2 heterocycles. The van der Waals surface area contributed by atoms with Gasteiger partial charge in [0.25, 0.3) is 0 Å². The van der Waals surface area contributed by atoms with Crippen LogP contribution >= 0.6 is 0 Å². The molecule has 7 nitrogen and oxygen atoms in total. The molecule has 1 amide bonds. The Morgan fingerprint density at radius 1 is 1.33 bits per heavy atom. The number of ether oxygens (including phenoxy) is 2.